The molecule has 0 aromatic heterocycles. The van der Waals surface area contributed by atoms with E-state index in [0.29, 0.717) is 12.0 Å². The van der Waals surface area contributed by atoms with Crippen molar-refractivity contribution in [2.24, 2.45) is 17.8 Å². The van der Waals surface area contributed by atoms with E-state index < -0.39 is 0 Å². The van der Waals surface area contributed by atoms with Crippen molar-refractivity contribution in [3.63, 3.8) is 0 Å². The van der Waals surface area contributed by atoms with Crippen LogP contribution in [0.5, 0.6) is 0 Å². The lowest BCUT2D eigenvalue weighted by atomic mass is 9.71. The van der Waals surface area contributed by atoms with E-state index in [4.69, 9.17) is 10.00 Å². The molecule has 2 saturated carbocycles. The molecule has 0 atom stereocenters. The maximum Gasteiger partial charge on any atom is 0.0655 e. The summed E-state index contributed by atoms with van der Waals surface area (Å²) in [7, 11) is 0. The third-order valence-electron chi connectivity index (χ3n) is 7.19. The number of hydrogen-bond donors (Lipinski definition) is 0. The zero-order chi connectivity index (χ0) is 19.2. The second-order valence-corrected chi connectivity index (χ2v) is 9.33. The maximum absolute atomic E-state index is 9.06. The minimum absolute atomic E-state index is 0.349. The molecule has 2 aliphatic carbocycles. The van der Waals surface area contributed by atoms with Crippen molar-refractivity contribution in [3.8, 4) is 6.07 Å². The molecule has 0 N–H and O–H groups in total. The van der Waals surface area contributed by atoms with Crippen molar-refractivity contribution in [3.05, 3.63) is 0 Å². The quantitative estimate of drug-likeness (QED) is 0.307. The molecule has 0 aromatic rings. The molecule has 0 unspecified atom stereocenters. The number of hydrogen-bond acceptors (Lipinski definition) is 2. The average Bonchev–Trinajstić information content (AvgIpc) is 2.72. The Morgan fingerprint density at radius 2 is 1.15 bits per heavy atom. The normalized spacial score (nSPS) is 28.7. The largest absolute Gasteiger partial charge is 0.378 e. The Bertz CT molecular complexity index is 386. The summed E-state index contributed by atoms with van der Waals surface area (Å²) in [6.07, 6.45) is 24.7. The molecule has 0 aliphatic heterocycles. The zero-order valence-electron chi connectivity index (χ0n) is 18.1. The Labute approximate surface area is 169 Å². The van der Waals surface area contributed by atoms with Crippen LogP contribution in [-0.2, 0) is 4.74 Å². The van der Waals surface area contributed by atoms with Crippen molar-refractivity contribution < 1.29 is 4.74 Å². The highest BCUT2D eigenvalue weighted by atomic mass is 16.5. The first-order chi connectivity index (χ1) is 13.3. The first-order valence-electron chi connectivity index (χ1n) is 12.3. The summed E-state index contributed by atoms with van der Waals surface area (Å²) in [5.74, 6) is 2.17. The van der Waals surface area contributed by atoms with Crippen LogP contribution < -0.4 is 0 Å². The van der Waals surface area contributed by atoms with Gasteiger partial charge in [0.2, 0.25) is 0 Å². The highest BCUT2D eigenvalue weighted by Gasteiger charge is 2.30. The summed E-state index contributed by atoms with van der Waals surface area (Å²) < 4.78 is 6.18. The van der Waals surface area contributed by atoms with Crippen molar-refractivity contribution in [2.75, 3.05) is 6.61 Å². The molecule has 0 bridgehead atoms. The van der Waals surface area contributed by atoms with E-state index in [1.165, 1.54) is 103 Å². The highest BCUT2D eigenvalue weighted by Crippen LogP contribution is 2.40. The van der Waals surface area contributed by atoms with Gasteiger partial charge in [-0.05, 0) is 69.6 Å². The molecule has 0 amide bonds. The van der Waals surface area contributed by atoms with Gasteiger partial charge in [-0.2, -0.15) is 5.26 Å². The summed E-state index contributed by atoms with van der Waals surface area (Å²) >= 11 is 0. The fourth-order valence-electron chi connectivity index (χ4n) is 5.29. The highest BCUT2D eigenvalue weighted by molar-refractivity contribution is 4.89. The molecular weight excluding hydrogens is 330 g/mol. The minimum atomic E-state index is 0.349. The molecule has 0 radical (unpaired) electrons. The molecule has 0 heterocycles. The summed E-state index contributed by atoms with van der Waals surface area (Å²) in [6, 6.07) is 2.47. The second kappa shape index (κ2) is 14.4. The molecule has 2 rings (SSSR count). The van der Waals surface area contributed by atoms with Crippen LogP contribution in [0.4, 0.5) is 0 Å². The number of unbranched alkanes of at least 4 members (excludes halogenated alkanes) is 9. The number of nitriles is 1. The lowest BCUT2D eigenvalue weighted by Gasteiger charge is -2.36. The molecule has 2 fully saturated rings. The van der Waals surface area contributed by atoms with Crippen LogP contribution in [0.3, 0.4) is 0 Å². The SMILES string of the molecule is CCCCCCCCCCCCOC1CCC(C2CCC(C#N)CC2)CC1. The topological polar surface area (TPSA) is 33.0 Å². The van der Waals surface area contributed by atoms with E-state index in [1.54, 1.807) is 0 Å². The van der Waals surface area contributed by atoms with E-state index in [1.807, 2.05) is 0 Å². The van der Waals surface area contributed by atoms with Crippen molar-refractivity contribution >= 4 is 0 Å². The molecule has 2 heteroatoms. The van der Waals surface area contributed by atoms with Gasteiger partial charge in [-0.3, -0.25) is 0 Å². The summed E-state index contributed by atoms with van der Waals surface area (Å²) in [6.45, 7) is 3.27. The third kappa shape index (κ3) is 9.47. The van der Waals surface area contributed by atoms with Gasteiger partial charge >= 0.3 is 0 Å². The van der Waals surface area contributed by atoms with Crippen molar-refractivity contribution in [1.82, 2.24) is 0 Å². The number of rotatable bonds is 13. The Morgan fingerprint density at radius 1 is 0.667 bits per heavy atom. The van der Waals surface area contributed by atoms with Crippen molar-refractivity contribution in [1.29, 1.82) is 5.26 Å². The molecule has 0 spiro atoms. The molecule has 0 aromatic carbocycles. The summed E-state index contributed by atoms with van der Waals surface area (Å²) in [5.41, 5.74) is 0. The van der Waals surface area contributed by atoms with Crippen LogP contribution in [0.15, 0.2) is 0 Å². The first kappa shape index (κ1) is 22.7. The molecule has 156 valence electrons. The maximum atomic E-state index is 9.06. The van der Waals surface area contributed by atoms with Crippen LogP contribution in [0.2, 0.25) is 0 Å². The first-order valence-corrected chi connectivity index (χ1v) is 12.3. The Balaban J connectivity index is 1.39. The van der Waals surface area contributed by atoms with Crippen molar-refractivity contribution in [2.45, 2.75) is 129 Å². The van der Waals surface area contributed by atoms with Gasteiger partial charge in [0, 0.05) is 12.5 Å². The standard InChI is InChI=1S/C25H45NO/c1-2-3-4-5-6-7-8-9-10-11-20-27-25-18-16-24(17-19-25)23-14-12-22(21-26)13-15-23/h22-25H,2-20H2,1H3. The van der Waals surface area contributed by atoms with E-state index in [0.717, 1.165) is 31.3 Å². The van der Waals surface area contributed by atoms with Gasteiger partial charge in [-0.25, -0.2) is 0 Å². The zero-order valence-corrected chi connectivity index (χ0v) is 18.1. The van der Waals surface area contributed by atoms with Crippen LogP contribution in [0.25, 0.3) is 0 Å². The van der Waals surface area contributed by atoms with E-state index in [9.17, 15) is 0 Å². The fraction of sp³-hybridized carbons (Fsp3) is 0.960. The predicted octanol–water partition coefficient (Wildman–Crippen LogP) is 7.81. The Morgan fingerprint density at radius 3 is 1.67 bits per heavy atom. The number of nitrogens with zero attached hydrogens (tertiary/aromatic N) is 1. The molecular formula is C25H45NO. The molecule has 27 heavy (non-hydrogen) atoms. The predicted molar refractivity (Wildman–Crippen MR) is 115 cm³/mol. The van der Waals surface area contributed by atoms with Crippen LogP contribution >= 0.6 is 0 Å². The molecule has 2 aliphatic rings. The second-order valence-electron chi connectivity index (χ2n) is 9.33. The molecule has 2 nitrogen and oxygen atoms in total. The van der Waals surface area contributed by atoms with Gasteiger partial charge in [0.25, 0.3) is 0 Å². The monoisotopic (exact) mass is 375 g/mol. The van der Waals surface area contributed by atoms with Gasteiger partial charge in [-0.15, -0.1) is 0 Å². The summed E-state index contributed by atoms with van der Waals surface area (Å²) in [5, 5.41) is 9.06. The molecule has 0 saturated heterocycles. The van der Waals surface area contributed by atoms with E-state index in [2.05, 4.69) is 13.0 Å². The third-order valence-corrected chi connectivity index (χ3v) is 7.19. The lowest BCUT2D eigenvalue weighted by molar-refractivity contribution is 0.00601. The van der Waals surface area contributed by atoms with Gasteiger partial charge in [0.15, 0.2) is 0 Å². The van der Waals surface area contributed by atoms with E-state index >= 15 is 0 Å². The Hall–Kier alpha value is -0.550. The smallest absolute Gasteiger partial charge is 0.0655 e. The summed E-state index contributed by atoms with van der Waals surface area (Å²) in [4.78, 5) is 0. The Kier molecular flexibility index (Phi) is 12.2. The van der Waals surface area contributed by atoms with E-state index in [-0.39, 0.29) is 0 Å². The van der Waals surface area contributed by atoms with Crippen LogP contribution in [-0.4, -0.2) is 12.7 Å². The van der Waals surface area contributed by atoms with Crippen LogP contribution in [0.1, 0.15) is 122 Å². The van der Waals surface area contributed by atoms with Gasteiger partial charge in [0.1, 0.15) is 0 Å². The average molecular weight is 376 g/mol. The van der Waals surface area contributed by atoms with Gasteiger partial charge < -0.3 is 4.74 Å². The van der Waals surface area contributed by atoms with Gasteiger partial charge in [0.05, 0.1) is 12.2 Å². The van der Waals surface area contributed by atoms with Gasteiger partial charge in [-0.1, -0.05) is 64.7 Å². The van der Waals surface area contributed by atoms with Crippen LogP contribution in [0, 0.1) is 29.1 Å². The lowest BCUT2D eigenvalue weighted by Crippen LogP contribution is -2.28. The fourth-order valence-corrected chi connectivity index (χ4v) is 5.29. The minimum Gasteiger partial charge on any atom is -0.378 e. The number of ether oxygens (including phenoxy) is 1.